The second kappa shape index (κ2) is 5.24. The Labute approximate surface area is 120 Å². The molecule has 106 valence electrons. The first-order valence-electron chi connectivity index (χ1n) is 6.37. The molecule has 0 aliphatic heterocycles. The molecule has 1 N–H and O–H groups in total. The van der Waals surface area contributed by atoms with E-state index in [1.165, 1.54) is 12.3 Å². The van der Waals surface area contributed by atoms with Crippen LogP contribution in [0, 0.1) is 0 Å². The Bertz CT molecular complexity index is 794. The number of hydrogen-bond donors (Lipinski definition) is 1. The maximum Gasteiger partial charge on any atom is 0.337 e. The summed E-state index contributed by atoms with van der Waals surface area (Å²) in [6.07, 6.45) is 2.10. The highest BCUT2D eigenvalue weighted by atomic mass is 16.5. The lowest BCUT2D eigenvalue weighted by Gasteiger charge is -2.03. The number of carbonyl (C=O) groups is 1. The maximum atomic E-state index is 11.0. The van der Waals surface area contributed by atoms with E-state index in [9.17, 15) is 4.79 Å². The molecule has 0 saturated carbocycles. The lowest BCUT2D eigenvalue weighted by atomic mass is 10.1. The molecule has 2 aromatic heterocycles. The van der Waals surface area contributed by atoms with Gasteiger partial charge < -0.3 is 9.84 Å². The summed E-state index contributed by atoms with van der Waals surface area (Å²) in [7, 11) is 1.62. The summed E-state index contributed by atoms with van der Waals surface area (Å²) >= 11 is 0. The van der Waals surface area contributed by atoms with Crippen molar-refractivity contribution in [1.29, 1.82) is 0 Å². The number of pyridine rings is 1. The molecule has 21 heavy (non-hydrogen) atoms. The fourth-order valence-electron chi connectivity index (χ4n) is 2.11. The van der Waals surface area contributed by atoms with E-state index in [1.807, 2.05) is 24.3 Å². The van der Waals surface area contributed by atoms with Crippen molar-refractivity contribution in [3.63, 3.8) is 0 Å². The van der Waals surface area contributed by atoms with Gasteiger partial charge in [0.2, 0.25) is 0 Å². The molecule has 0 amide bonds. The van der Waals surface area contributed by atoms with Crippen LogP contribution in [0.1, 0.15) is 21.7 Å². The second-order valence-electron chi connectivity index (χ2n) is 4.59. The van der Waals surface area contributed by atoms with Crippen LogP contribution < -0.4 is 4.74 Å². The van der Waals surface area contributed by atoms with Crippen LogP contribution in [0.3, 0.4) is 0 Å². The first kappa shape index (κ1) is 13.1. The number of nitrogens with zero attached hydrogens (tertiary/aromatic N) is 3. The van der Waals surface area contributed by atoms with Crippen LogP contribution in [-0.2, 0) is 6.42 Å². The van der Waals surface area contributed by atoms with E-state index in [0.717, 1.165) is 11.3 Å². The third kappa shape index (κ3) is 2.55. The van der Waals surface area contributed by atoms with Gasteiger partial charge in [-0.2, -0.15) is 0 Å². The van der Waals surface area contributed by atoms with Crippen molar-refractivity contribution >= 4 is 11.6 Å². The third-order valence-corrected chi connectivity index (χ3v) is 3.24. The zero-order valence-electron chi connectivity index (χ0n) is 11.4. The molecule has 6 nitrogen and oxygen atoms in total. The van der Waals surface area contributed by atoms with Crippen molar-refractivity contribution in [3.05, 3.63) is 59.5 Å². The van der Waals surface area contributed by atoms with E-state index < -0.39 is 5.97 Å². The minimum atomic E-state index is -0.971. The van der Waals surface area contributed by atoms with Crippen LogP contribution in [0.25, 0.3) is 5.65 Å². The molecular formula is C15H13N3O3. The third-order valence-electron chi connectivity index (χ3n) is 3.24. The van der Waals surface area contributed by atoms with Crippen LogP contribution in [0.2, 0.25) is 0 Å². The van der Waals surface area contributed by atoms with Crippen molar-refractivity contribution in [1.82, 2.24) is 14.6 Å². The van der Waals surface area contributed by atoms with Gasteiger partial charge in [-0.15, -0.1) is 10.2 Å². The molecule has 0 bridgehead atoms. The minimum Gasteiger partial charge on any atom is -0.497 e. The lowest BCUT2D eigenvalue weighted by molar-refractivity contribution is 0.0696. The normalized spacial score (nSPS) is 10.7. The summed E-state index contributed by atoms with van der Waals surface area (Å²) in [5.74, 6) is 0.511. The van der Waals surface area contributed by atoms with Crippen LogP contribution in [-0.4, -0.2) is 32.8 Å². The average Bonchev–Trinajstić information content (AvgIpc) is 2.90. The van der Waals surface area contributed by atoms with E-state index in [4.69, 9.17) is 9.84 Å². The number of aromatic carboxylic acids is 1. The zero-order chi connectivity index (χ0) is 14.8. The summed E-state index contributed by atoms with van der Waals surface area (Å²) in [6.45, 7) is 0. The van der Waals surface area contributed by atoms with E-state index in [1.54, 1.807) is 17.6 Å². The smallest absolute Gasteiger partial charge is 0.337 e. The Morgan fingerprint density at radius 3 is 2.62 bits per heavy atom. The predicted molar refractivity (Wildman–Crippen MR) is 75.7 cm³/mol. The molecule has 0 fully saturated rings. The summed E-state index contributed by atoms with van der Waals surface area (Å²) in [5, 5.41) is 17.2. The topological polar surface area (TPSA) is 76.7 Å². The molecule has 0 atom stereocenters. The molecular weight excluding hydrogens is 270 g/mol. The molecule has 0 aliphatic carbocycles. The fourth-order valence-corrected chi connectivity index (χ4v) is 2.11. The first-order valence-corrected chi connectivity index (χ1v) is 6.37. The molecule has 6 heteroatoms. The lowest BCUT2D eigenvalue weighted by Crippen LogP contribution is -2.01. The number of carboxylic acids is 1. The Kier molecular flexibility index (Phi) is 3.27. The van der Waals surface area contributed by atoms with Gasteiger partial charge in [0.05, 0.1) is 12.7 Å². The molecule has 0 saturated heterocycles. The Morgan fingerprint density at radius 2 is 1.95 bits per heavy atom. The number of fused-ring (bicyclic) bond motifs is 1. The maximum absolute atomic E-state index is 11.0. The number of methoxy groups -OCH3 is 1. The molecule has 1 aromatic carbocycles. The monoisotopic (exact) mass is 283 g/mol. The first-order chi connectivity index (χ1) is 10.2. The van der Waals surface area contributed by atoms with Gasteiger partial charge in [-0.25, -0.2) is 4.79 Å². The van der Waals surface area contributed by atoms with Crippen molar-refractivity contribution in [2.24, 2.45) is 0 Å². The van der Waals surface area contributed by atoms with Gasteiger partial charge in [-0.05, 0) is 29.8 Å². The fraction of sp³-hybridized carbons (Fsp3) is 0.133. The van der Waals surface area contributed by atoms with Crippen molar-refractivity contribution < 1.29 is 14.6 Å². The standard InChI is InChI=1S/C15H13N3O3/c1-21-12-5-2-10(3-6-12)8-14-17-16-13-7-4-11(15(19)20)9-18(13)14/h2-7,9H,8H2,1H3,(H,19,20). The number of aromatic nitrogens is 3. The largest absolute Gasteiger partial charge is 0.497 e. The molecule has 0 radical (unpaired) electrons. The second-order valence-corrected chi connectivity index (χ2v) is 4.59. The highest BCUT2D eigenvalue weighted by molar-refractivity contribution is 5.87. The molecule has 2 heterocycles. The average molecular weight is 283 g/mol. The summed E-state index contributed by atoms with van der Waals surface area (Å²) in [6, 6.07) is 10.8. The number of benzene rings is 1. The molecule has 0 unspecified atom stereocenters. The molecule has 3 aromatic rings. The van der Waals surface area contributed by atoms with Crippen molar-refractivity contribution in [2.45, 2.75) is 6.42 Å². The SMILES string of the molecule is COc1ccc(Cc2nnc3ccc(C(=O)O)cn23)cc1. The number of ether oxygens (including phenoxy) is 1. The van der Waals surface area contributed by atoms with Crippen molar-refractivity contribution in [2.75, 3.05) is 7.11 Å². The van der Waals surface area contributed by atoms with Crippen LogP contribution in [0.4, 0.5) is 0 Å². The summed E-state index contributed by atoms with van der Waals surface area (Å²) < 4.78 is 6.82. The van der Waals surface area contributed by atoms with Gasteiger partial charge in [0.1, 0.15) is 11.6 Å². The van der Waals surface area contributed by atoms with Crippen LogP contribution in [0.5, 0.6) is 5.75 Å². The Balaban J connectivity index is 1.95. The van der Waals surface area contributed by atoms with Gasteiger partial charge in [0.25, 0.3) is 0 Å². The van der Waals surface area contributed by atoms with E-state index in [0.29, 0.717) is 17.9 Å². The molecule has 0 aliphatic rings. The molecule has 3 rings (SSSR count). The van der Waals surface area contributed by atoms with E-state index in [2.05, 4.69) is 10.2 Å². The van der Waals surface area contributed by atoms with Gasteiger partial charge in [0, 0.05) is 12.6 Å². The van der Waals surface area contributed by atoms with Gasteiger partial charge in [0.15, 0.2) is 5.65 Å². The highest BCUT2D eigenvalue weighted by Gasteiger charge is 2.10. The van der Waals surface area contributed by atoms with Crippen LogP contribution >= 0.6 is 0 Å². The highest BCUT2D eigenvalue weighted by Crippen LogP contribution is 2.15. The number of rotatable bonds is 4. The van der Waals surface area contributed by atoms with E-state index in [-0.39, 0.29) is 5.56 Å². The quantitative estimate of drug-likeness (QED) is 0.792. The Morgan fingerprint density at radius 1 is 1.19 bits per heavy atom. The summed E-state index contributed by atoms with van der Waals surface area (Å²) in [5.41, 5.74) is 1.88. The number of hydrogen-bond acceptors (Lipinski definition) is 4. The predicted octanol–water partition coefficient (Wildman–Crippen LogP) is 2.03. The minimum absolute atomic E-state index is 0.207. The van der Waals surface area contributed by atoms with E-state index >= 15 is 0 Å². The van der Waals surface area contributed by atoms with Gasteiger partial charge >= 0.3 is 5.97 Å². The van der Waals surface area contributed by atoms with Gasteiger partial charge in [-0.3, -0.25) is 4.40 Å². The molecule has 0 spiro atoms. The Hall–Kier alpha value is -2.89. The van der Waals surface area contributed by atoms with Gasteiger partial charge in [-0.1, -0.05) is 12.1 Å². The van der Waals surface area contributed by atoms with Crippen LogP contribution in [0.15, 0.2) is 42.6 Å². The summed E-state index contributed by atoms with van der Waals surface area (Å²) in [4.78, 5) is 11.0. The zero-order valence-corrected chi connectivity index (χ0v) is 11.4. The number of carboxylic acid groups (broad SMARTS) is 1. The van der Waals surface area contributed by atoms with Crippen molar-refractivity contribution in [3.8, 4) is 5.75 Å².